The van der Waals surface area contributed by atoms with Crippen molar-refractivity contribution in [3.05, 3.63) is 36.0 Å². The molecule has 1 aliphatic heterocycles. The van der Waals surface area contributed by atoms with E-state index in [2.05, 4.69) is 29.8 Å². The lowest BCUT2D eigenvalue weighted by atomic mass is 10.1. The maximum Gasteiger partial charge on any atom is 0.338 e. The summed E-state index contributed by atoms with van der Waals surface area (Å²) in [6, 6.07) is 8.04. The predicted octanol–water partition coefficient (Wildman–Crippen LogP) is 3.03. The number of pyridine rings is 1. The zero-order valence-electron chi connectivity index (χ0n) is 13.8. The number of benzene rings is 1. The van der Waals surface area contributed by atoms with Crippen molar-refractivity contribution in [2.24, 2.45) is 0 Å². The Hall–Kier alpha value is -2.14. The van der Waals surface area contributed by atoms with Gasteiger partial charge in [0.15, 0.2) is 0 Å². The third kappa shape index (κ3) is 3.01. The number of esters is 1. The van der Waals surface area contributed by atoms with E-state index in [-0.39, 0.29) is 18.1 Å². The summed E-state index contributed by atoms with van der Waals surface area (Å²) in [6.45, 7) is 7.96. The number of morpholine rings is 1. The SMILES string of the molecule is CCOC(=O)c1ccnc2ccc(N3CCO[C@H](C)[C@@H]3C)cc12. The number of hydrogen-bond donors (Lipinski definition) is 0. The molecule has 0 aliphatic carbocycles. The van der Waals surface area contributed by atoms with Gasteiger partial charge >= 0.3 is 5.97 Å². The highest BCUT2D eigenvalue weighted by atomic mass is 16.5. The number of fused-ring (bicyclic) bond motifs is 1. The largest absolute Gasteiger partial charge is 0.462 e. The second kappa shape index (κ2) is 6.54. The van der Waals surface area contributed by atoms with Crippen LogP contribution in [0.4, 0.5) is 5.69 Å². The number of anilines is 1. The zero-order chi connectivity index (χ0) is 16.4. The number of carbonyl (C=O) groups is 1. The van der Waals surface area contributed by atoms with Gasteiger partial charge in [0.25, 0.3) is 0 Å². The number of rotatable bonds is 3. The van der Waals surface area contributed by atoms with Gasteiger partial charge in [0.05, 0.1) is 36.4 Å². The first-order valence-electron chi connectivity index (χ1n) is 8.06. The molecule has 3 rings (SSSR count). The van der Waals surface area contributed by atoms with Crippen molar-refractivity contribution in [3.8, 4) is 0 Å². The van der Waals surface area contributed by atoms with Gasteiger partial charge in [-0.1, -0.05) is 0 Å². The van der Waals surface area contributed by atoms with E-state index >= 15 is 0 Å². The van der Waals surface area contributed by atoms with Crippen LogP contribution < -0.4 is 4.90 Å². The van der Waals surface area contributed by atoms with E-state index in [1.807, 2.05) is 19.1 Å². The molecule has 5 nitrogen and oxygen atoms in total. The first-order chi connectivity index (χ1) is 11.1. The molecule has 0 bridgehead atoms. The highest BCUT2D eigenvalue weighted by molar-refractivity contribution is 6.04. The summed E-state index contributed by atoms with van der Waals surface area (Å²) >= 11 is 0. The van der Waals surface area contributed by atoms with Crippen LogP contribution in [0.2, 0.25) is 0 Å². The standard InChI is InChI=1S/C18H22N2O3/c1-4-22-18(21)15-7-8-19-17-6-5-14(11-16(15)17)20-9-10-23-13(3)12(20)2/h5-8,11-13H,4,9-10H2,1-3H3/t12-,13+/m0/s1. The number of aromatic nitrogens is 1. The smallest absolute Gasteiger partial charge is 0.338 e. The molecular formula is C18H22N2O3. The Morgan fingerprint density at radius 2 is 2.22 bits per heavy atom. The predicted molar refractivity (Wildman–Crippen MR) is 89.9 cm³/mol. The lowest BCUT2D eigenvalue weighted by Crippen LogP contribution is -2.48. The lowest BCUT2D eigenvalue weighted by molar-refractivity contribution is 0.0284. The average Bonchev–Trinajstić information content (AvgIpc) is 2.56. The van der Waals surface area contributed by atoms with Gasteiger partial charge in [-0.25, -0.2) is 4.79 Å². The van der Waals surface area contributed by atoms with Crippen LogP contribution in [0.25, 0.3) is 10.9 Å². The molecule has 1 fully saturated rings. The molecule has 0 N–H and O–H groups in total. The monoisotopic (exact) mass is 314 g/mol. The van der Waals surface area contributed by atoms with Crippen LogP contribution in [-0.4, -0.2) is 42.9 Å². The second-order valence-electron chi connectivity index (χ2n) is 5.79. The Labute approximate surface area is 136 Å². The van der Waals surface area contributed by atoms with Crippen molar-refractivity contribution in [1.82, 2.24) is 4.98 Å². The fourth-order valence-electron chi connectivity index (χ4n) is 3.00. The highest BCUT2D eigenvalue weighted by Crippen LogP contribution is 2.28. The van der Waals surface area contributed by atoms with Gasteiger partial charge in [-0.05, 0) is 45.0 Å². The fourth-order valence-corrected chi connectivity index (χ4v) is 3.00. The minimum absolute atomic E-state index is 0.179. The molecule has 0 amide bonds. The Balaban J connectivity index is 2.03. The molecule has 1 aromatic carbocycles. The molecule has 1 aromatic heterocycles. The van der Waals surface area contributed by atoms with Gasteiger partial charge in [0, 0.05) is 23.8 Å². The van der Waals surface area contributed by atoms with Crippen molar-refractivity contribution < 1.29 is 14.3 Å². The van der Waals surface area contributed by atoms with E-state index in [0.717, 1.165) is 23.1 Å². The first kappa shape index (κ1) is 15.7. The number of hydrogen-bond acceptors (Lipinski definition) is 5. The summed E-state index contributed by atoms with van der Waals surface area (Å²) in [5, 5.41) is 0.829. The summed E-state index contributed by atoms with van der Waals surface area (Å²) in [5.41, 5.74) is 2.44. The molecule has 1 aliphatic rings. The molecule has 0 unspecified atom stereocenters. The third-order valence-corrected chi connectivity index (χ3v) is 4.44. The maximum absolute atomic E-state index is 12.2. The molecule has 1 saturated heterocycles. The quantitative estimate of drug-likeness (QED) is 0.815. The van der Waals surface area contributed by atoms with Crippen LogP contribution >= 0.6 is 0 Å². The Bertz CT molecular complexity index is 716. The molecule has 2 atom stereocenters. The van der Waals surface area contributed by atoms with Gasteiger partial charge < -0.3 is 14.4 Å². The van der Waals surface area contributed by atoms with Crippen LogP contribution in [0.3, 0.4) is 0 Å². The molecular weight excluding hydrogens is 292 g/mol. The van der Waals surface area contributed by atoms with Crippen LogP contribution in [0.1, 0.15) is 31.1 Å². The van der Waals surface area contributed by atoms with Gasteiger partial charge in [-0.3, -0.25) is 4.98 Å². The molecule has 5 heteroatoms. The van der Waals surface area contributed by atoms with Crippen molar-refractivity contribution in [2.45, 2.75) is 32.9 Å². The molecule has 2 aromatic rings. The Morgan fingerprint density at radius 3 is 3.00 bits per heavy atom. The molecule has 2 heterocycles. The first-order valence-corrected chi connectivity index (χ1v) is 8.06. The number of carbonyl (C=O) groups excluding carboxylic acids is 1. The average molecular weight is 314 g/mol. The van der Waals surface area contributed by atoms with E-state index in [0.29, 0.717) is 18.8 Å². The maximum atomic E-state index is 12.2. The summed E-state index contributed by atoms with van der Waals surface area (Å²) in [7, 11) is 0. The van der Waals surface area contributed by atoms with Crippen molar-refractivity contribution >= 4 is 22.6 Å². The van der Waals surface area contributed by atoms with E-state index in [1.165, 1.54) is 0 Å². The van der Waals surface area contributed by atoms with E-state index in [4.69, 9.17) is 9.47 Å². The van der Waals surface area contributed by atoms with Crippen LogP contribution in [0.5, 0.6) is 0 Å². The zero-order valence-corrected chi connectivity index (χ0v) is 13.8. The van der Waals surface area contributed by atoms with Crippen molar-refractivity contribution in [1.29, 1.82) is 0 Å². The molecule has 0 spiro atoms. The molecule has 0 radical (unpaired) electrons. The second-order valence-corrected chi connectivity index (χ2v) is 5.79. The molecule has 122 valence electrons. The normalized spacial score (nSPS) is 21.4. The van der Waals surface area contributed by atoms with Gasteiger partial charge in [-0.15, -0.1) is 0 Å². The Kier molecular flexibility index (Phi) is 4.48. The van der Waals surface area contributed by atoms with Crippen LogP contribution in [0.15, 0.2) is 30.5 Å². The summed E-state index contributed by atoms with van der Waals surface area (Å²) < 4.78 is 10.9. The summed E-state index contributed by atoms with van der Waals surface area (Å²) in [6.07, 6.45) is 1.83. The van der Waals surface area contributed by atoms with Crippen LogP contribution in [0, 0.1) is 0 Å². The molecule has 0 saturated carbocycles. The topological polar surface area (TPSA) is 51.7 Å². The van der Waals surface area contributed by atoms with Crippen LogP contribution in [-0.2, 0) is 9.47 Å². The lowest BCUT2D eigenvalue weighted by Gasteiger charge is -2.39. The minimum atomic E-state index is -0.305. The molecule has 23 heavy (non-hydrogen) atoms. The Morgan fingerprint density at radius 1 is 1.39 bits per heavy atom. The summed E-state index contributed by atoms with van der Waals surface area (Å²) in [4.78, 5) is 18.8. The van der Waals surface area contributed by atoms with E-state index in [9.17, 15) is 4.79 Å². The minimum Gasteiger partial charge on any atom is -0.462 e. The fraction of sp³-hybridized carbons (Fsp3) is 0.444. The number of nitrogens with zero attached hydrogens (tertiary/aromatic N) is 2. The summed E-state index contributed by atoms with van der Waals surface area (Å²) in [5.74, 6) is -0.305. The van der Waals surface area contributed by atoms with Crippen molar-refractivity contribution in [3.63, 3.8) is 0 Å². The van der Waals surface area contributed by atoms with Gasteiger partial charge in [0.2, 0.25) is 0 Å². The van der Waals surface area contributed by atoms with E-state index < -0.39 is 0 Å². The van der Waals surface area contributed by atoms with E-state index in [1.54, 1.807) is 12.3 Å². The third-order valence-electron chi connectivity index (χ3n) is 4.44. The number of ether oxygens (including phenoxy) is 2. The van der Waals surface area contributed by atoms with Crippen molar-refractivity contribution in [2.75, 3.05) is 24.7 Å². The van der Waals surface area contributed by atoms with Gasteiger partial charge in [-0.2, -0.15) is 0 Å². The highest BCUT2D eigenvalue weighted by Gasteiger charge is 2.26. The van der Waals surface area contributed by atoms with Gasteiger partial charge in [0.1, 0.15) is 0 Å².